The minimum absolute atomic E-state index is 0.278. The molecule has 18 heavy (non-hydrogen) atoms. The quantitative estimate of drug-likeness (QED) is 0.866. The molecule has 0 fully saturated rings. The summed E-state index contributed by atoms with van der Waals surface area (Å²) in [6.07, 6.45) is 0. The number of rotatable bonds is 2. The lowest BCUT2D eigenvalue weighted by molar-refractivity contribution is 0.596. The Bertz CT molecular complexity index is 557. The summed E-state index contributed by atoms with van der Waals surface area (Å²) in [5, 5.41) is 0.560. The summed E-state index contributed by atoms with van der Waals surface area (Å²) >= 11 is 6.10. The van der Waals surface area contributed by atoms with Crippen molar-refractivity contribution in [3.8, 4) is 0 Å². The van der Waals surface area contributed by atoms with Gasteiger partial charge in [0.15, 0.2) is 0 Å². The maximum Gasteiger partial charge on any atom is 0.128 e. The summed E-state index contributed by atoms with van der Waals surface area (Å²) in [6, 6.07) is 10.1. The lowest BCUT2D eigenvalue weighted by Crippen LogP contribution is -2.16. The summed E-state index contributed by atoms with van der Waals surface area (Å²) < 4.78 is 14.1. The largest absolute Gasteiger partial charge is 0.320 e. The van der Waals surface area contributed by atoms with Gasteiger partial charge < -0.3 is 5.73 Å². The third-order valence-corrected chi connectivity index (χ3v) is 3.38. The van der Waals surface area contributed by atoms with Gasteiger partial charge in [-0.2, -0.15) is 0 Å². The van der Waals surface area contributed by atoms with Crippen LogP contribution in [0.1, 0.15) is 28.3 Å². The van der Waals surface area contributed by atoms with Gasteiger partial charge in [-0.3, -0.25) is 0 Å². The predicted octanol–water partition coefficient (Wildman–Crippen LogP) is 4.14. The first-order valence-corrected chi connectivity index (χ1v) is 6.15. The molecule has 0 radical (unpaired) electrons. The SMILES string of the molecule is Cc1cc(C)c(C(N)c2ccccc2Cl)c(F)c1. The zero-order valence-electron chi connectivity index (χ0n) is 10.4. The van der Waals surface area contributed by atoms with E-state index in [0.29, 0.717) is 10.6 Å². The molecule has 0 aliphatic heterocycles. The topological polar surface area (TPSA) is 26.0 Å². The second-order valence-electron chi connectivity index (χ2n) is 4.48. The monoisotopic (exact) mass is 263 g/mol. The van der Waals surface area contributed by atoms with Crippen molar-refractivity contribution in [1.82, 2.24) is 0 Å². The number of nitrogens with two attached hydrogens (primary N) is 1. The smallest absolute Gasteiger partial charge is 0.128 e. The van der Waals surface area contributed by atoms with Gasteiger partial charge in [-0.05, 0) is 42.7 Å². The van der Waals surface area contributed by atoms with Gasteiger partial charge in [-0.25, -0.2) is 4.39 Å². The summed E-state index contributed by atoms with van der Waals surface area (Å²) in [7, 11) is 0. The fourth-order valence-corrected chi connectivity index (χ4v) is 2.46. The Labute approximate surface area is 111 Å². The molecular formula is C15H15ClFN. The molecule has 0 spiro atoms. The Morgan fingerprint density at radius 3 is 2.44 bits per heavy atom. The molecule has 0 aliphatic rings. The zero-order chi connectivity index (χ0) is 13.3. The molecular weight excluding hydrogens is 249 g/mol. The van der Waals surface area contributed by atoms with E-state index in [4.69, 9.17) is 17.3 Å². The first-order chi connectivity index (χ1) is 8.50. The molecule has 2 N–H and O–H groups in total. The fourth-order valence-electron chi connectivity index (χ4n) is 2.20. The molecule has 3 heteroatoms. The Morgan fingerprint density at radius 2 is 1.83 bits per heavy atom. The second-order valence-corrected chi connectivity index (χ2v) is 4.88. The van der Waals surface area contributed by atoms with Crippen molar-refractivity contribution < 1.29 is 4.39 Å². The van der Waals surface area contributed by atoms with Crippen molar-refractivity contribution in [2.24, 2.45) is 5.73 Å². The number of aryl methyl sites for hydroxylation is 2. The van der Waals surface area contributed by atoms with Crippen molar-refractivity contribution in [1.29, 1.82) is 0 Å². The Kier molecular flexibility index (Phi) is 3.69. The van der Waals surface area contributed by atoms with Crippen LogP contribution in [0.3, 0.4) is 0 Å². The molecule has 1 nitrogen and oxygen atoms in total. The van der Waals surface area contributed by atoms with E-state index in [1.54, 1.807) is 6.07 Å². The van der Waals surface area contributed by atoms with E-state index in [2.05, 4.69) is 0 Å². The lowest BCUT2D eigenvalue weighted by atomic mass is 9.94. The van der Waals surface area contributed by atoms with E-state index in [-0.39, 0.29) is 5.82 Å². The van der Waals surface area contributed by atoms with Gasteiger partial charge in [0.25, 0.3) is 0 Å². The highest BCUT2D eigenvalue weighted by Crippen LogP contribution is 2.30. The average molecular weight is 264 g/mol. The Morgan fingerprint density at radius 1 is 1.17 bits per heavy atom. The summed E-state index contributed by atoms with van der Waals surface area (Å²) in [5.74, 6) is -0.278. The molecule has 0 aliphatic carbocycles. The van der Waals surface area contributed by atoms with E-state index in [1.165, 1.54) is 6.07 Å². The highest BCUT2D eigenvalue weighted by Gasteiger charge is 2.18. The van der Waals surface area contributed by atoms with E-state index in [0.717, 1.165) is 16.7 Å². The van der Waals surface area contributed by atoms with Crippen LogP contribution < -0.4 is 5.73 Å². The third kappa shape index (κ3) is 2.40. The molecule has 0 bridgehead atoms. The minimum atomic E-state index is -0.542. The molecule has 1 unspecified atom stereocenters. The van der Waals surface area contributed by atoms with Gasteiger partial charge in [-0.1, -0.05) is 35.9 Å². The van der Waals surface area contributed by atoms with Crippen LogP contribution in [0.4, 0.5) is 4.39 Å². The van der Waals surface area contributed by atoms with Crippen LogP contribution in [-0.4, -0.2) is 0 Å². The zero-order valence-corrected chi connectivity index (χ0v) is 11.1. The lowest BCUT2D eigenvalue weighted by Gasteiger charge is -2.18. The number of hydrogen-bond donors (Lipinski definition) is 1. The summed E-state index contributed by atoms with van der Waals surface area (Å²) in [4.78, 5) is 0. The van der Waals surface area contributed by atoms with Crippen molar-refractivity contribution in [2.45, 2.75) is 19.9 Å². The van der Waals surface area contributed by atoms with Crippen molar-refractivity contribution in [3.63, 3.8) is 0 Å². The highest BCUT2D eigenvalue weighted by molar-refractivity contribution is 6.31. The molecule has 2 aromatic carbocycles. The molecule has 0 saturated carbocycles. The van der Waals surface area contributed by atoms with Gasteiger partial charge in [0.2, 0.25) is 0 Å². The van der Waals surface area contributed by atoms with Crippen molar-refractivity contribution in [3.05, 3.63) is 69.5 Å². The first kappa shape index (κ1) is 13.1. The van der Waals surface area contributed by atoms with E-state index in [9.17, 15) is 4.39 Å². The number of benzene rings is 2. The van der Waals surface area contributed by atoms with Crippen LogP contribution in [0.15, 0.2) is 36.4 Å². The van der Waals surface area contributed by atoms with E-state index < -0.39 is 6.04 Å². The normalized spacial score (nSPS) is 12.5. The molecule has 0 saturated heterocycles. The first-order valence-electron chi connectivity index (χ1n) is 5.77. The standard InChI is InChI=1S/C15H15ClFN/c1-9-7-10(2)14(13(17)8-9)15(18)11-5-3-4-6-12(11)16/h3-8,15H,18H2,1-2H3. The van der Waals surface area contributed by atoms with Gasteiger partial charge in [-0.15, -0.1) is 0 Å². The predicted molar refractivity (Wildman–Crippen MR) is 73.4 cm³/mol. The Balaban J connectivity index is 2.53. The molecule has 0 aromatic heterocycles. The number of hydrogen-bond acceptors (Lipinski definition) is 1. The molecule has 94 valence electrons. The average Bonchev–Trinajstić information content (AvgIpc) is 2.27. The summed E-state index contributed by atoms with van der Waals surface area (Å²) in [6.45, 7) is 3.73. The van der Waals surface area contributed by atoms with E-state index in [1.807, 2.05) is 38.1 Å². The molecule has 0 amide bonds. The van der Waals surface area contributed by atoms with Crippen molar-refractivity contribution >= 4 is 11.6 Å². The van der Waals surface area contributed by atoms with Crippen LogP contribution in [-0.2, 0) is 0 Å². The van der Waals surface area contributed by atoms with Crippen LogP contribution in [0, 0.1) is 19.7 Å². The second kappa shape index (κ2) is 5.09. The third-order valence-electron chi connectivity index (χ3n) is 3.03. The van der Waals surface area contributed by atoms with Gasteiger partial charge in [0, 0.05) is 10.6 Å². The maximum atomic E-state index is 14.1. The van der Waals surface area contributed by atoms with Gasteiger partial charge in [0.05, 0.1) is 6.04 Å². The van der Waals surface area contributed by atoms with Crippen LogP contribution in [0.25, 0.3) is 0 Å². The highest BCUT2D eigenvalue weighted by atomic mass is 35.5. The van der Waals surface area contributed by atoms with Gasteiger partial charge >= 0.3 is 0 Å². The Hall–Kier alpha value is -1.38. The van der Waals surface area contributed by atoms with Crippen LogP contribution in [0.2, 0.25) is 5.02 Å². The van der Waals surface area contributed by atoms with Gasteiger partial charge in [0.1, 0.15) is 5.82 Å². The van der Waals surface area contributed by atoms with Crippen molar-refractivity contribution in [2.75, 3.05) is 0 Å². The molecule has 2 rings (SSSR count). The molecule has 1 atom stereocenters. The molecule has 2 aromatic rings. The minimum Gasteiger partial charge on any atom is -0.320 e. The van der Waals surface area contributed by atoms with E-state index >= 15 is 0 Å². The summed E-state index contributed by atoms with van der Waals surface area (Å²) in [5.41, 5.74) is 9.13. The molecule has 0 heterocycles. The maximum absolute atomic E-state index is 14.1. The van der Waals surface area contributed by atoms with Crippen LogP contribution in [0.5, 0.6) is 0 Å². The fraction of sp³-hybridized carbons (Fsp3) is 0.200. The number of halogens is 2. The van der Waals surface area contributed by atoms with Crippen LogP contribution >= 0.6 is 11.6 Å².